The van der Waals surface area contributed by atoms with E-state index in [2.05, 4.69) is 49.4 Å². The minimum absolute atomic E-state index is 0.0867. The van der Waals surface area contributed by atoms with Crippen molar-refractivity contribution in [3.05, 3.63) is 59.7 Å². The summed E-state index contributed by atoms with van der Waals surface area (Å²) < 4.78 is 0. The minimum atomic E-state index is 0.0867. The van der Waals surface area contributed by atoms with Gasteiger partial charge in [-0.3, -0.25) is 0 Å². The maximum atomic E-state index is 5.96. The number of aryl methyl sites for hydroxylation is 1. The van der Waals surface area contributed by atoms with E-state index < -0.39 is 0 Å². The fourth-order valence-corrected chi connectivity index (χ4v) is 1.94. The first-order chi connectivity index (χ1) is 7.68. The molecule has 2 aromatic rings. The molecular formula is C15H17N. The van der Waals surface area contributed by atoms with Crippen molar-refractivity contribution in [1.29, 1.82) is 0 Å². The fraction of sp³-hybridized carbons (Fsp3) is 0.200. The second-order valence-corrected chi connectivity index (χ2v) is 4.23. The van der Waals surface area contributed by atoms with Crippen LogP contribution >= 0.6 is 0 Å². The summed E-state index contributed by atoms with van der Waals surface area (Å²) in [7, 11) is 0. The number of rotatable bonds is 2. The van der Waals surface area contributed by atoms with Crippen molar-refractivity contribution in [2.75, 3.05) is 0 Å². The Labute approximate surface area is 96.9 Å². The van der Waals surface area contributed by atoms with Crippen molar-refractivity contribution in [2.24, 2.45) is 5.73 Å². The molecule has 0 aliphatic carbocycles. The van der Waals surface area contributed by atoms with Crippen LogP contribution in [0.3, 0.4) is 0 Å². The summed E-state index contributed by atoms with van der Waals surface area (Å²) in [6.45, 7) is 4.13. The maximum Gasteiger partial charge on any atom is 0.0268 e. The Bertz CT molecular complexity index is 472. The molecule has 2 rings (SSSR count). The van der Waals surface area contributed by atoms with Crippen molar-refractivity contribution in [3.8, 4) is 11.1 Å². The van der Waals surface area contributed by atoms with Gasteiger partial charge in [-0.05, 0) is 42.2 Å². The Morgan fingerprint density at radius 1 is 0.938 bits per heavy atom. The van der Waals surface area contributed by atoms with Gasteiger partial charge in [0.05, 0.1) is 0 Å². The van der Waals surface area contributed by atoms with E-state index in [-0.39, 0.29) is 6.04 Å². The molecule has 0 aromatic heterocycles. The SMILES string of the molecule is Cc1ccc(-c2ccccc2)cc1C(C)N. The third-order valence-electron chi connectivity index (χ3n) is 2.88. The largest absolute Gasteiger partial charge is 0.324 e. The van der Waals surface area contributed by atoms with Gasteiger partial charge in [-0.2, -0.15) is 0 Å². The molecule has 2 N–H and O–H groups in total. The average molecular weight is 211 g/mol. The molecule has 1 atom stereocenters. The molecule has 0 amide bonds. The van der Waals surface area contributed by atoms with E-state index in [0.29, 0.717) is 0 Å². The Morgan fingerprint density at radius 2 is 1.62 bits per heavy atom. The molecule has 82 valence electrons. The molecule has 1 unspecified atom stereocenters. The lowest BCUT2D eigenvalue weighted by atomic mass is 9.96. The van der Waals surface area contributed by atoms with Crippen molar-refractivity contribution >= 4 is 0 Å². The molecule has 1 nitrogen and oxygen atoms in total. The third-order valence-corrected chi connectivity index (χ3v) is 2.88. The van der Waals surface area contributed by atoms with Crippen LogP contribution < -0.4 is 5.73 Å². The molecule has 0 bridgehead atoms. The summed E-state index contributed by atoms with van der Waals surface area (Å²) >= 11 is 0. The third kappa shape index (κ3) is 2.15. The Balaban J connectivity index is 2.48. The van der Waals surface area contributed by atoms with Crippen molar-refractivity contribution < 1.29 is 0 Å². The lowest BCUT2D eigenvalue weighted by Gasteiger charge is -2.12. The van der Waals surface area contributed by atoms with Gasteiger partial charge in [-0.1, -0.05) is 42.5 Å². The van der Waals surface area contributed by atoms with Crippen LogP contribution in [0.15, 0.2) is 48.5 Å². The predicted molar refractivity (Wildman–Crippen MR) is 69.2 cm³/mol. The lowest BCUT2D eigenvalue weighted by molar-refractivity contribution is 0.810. The molecule has 16 heavy (non-hydrogen) atoms. The van der Waals surface area contributed by atoms with E-state index >= 15 is 0 Å². The van der Waals surface area contributed by atoms with Gasteiger partial charge in [0.1, 0.15) is 0 Å². The highest BCUT2D eigenvalue weighted by molar-refractivity contribution is 5.64. The quantitative estimate of drug-likeness (QED) is 0.805. The molecule has 0 aliphatic heterocycles. The van der Waals surface area contributed by atoms with Gasteiger partial charge >= 0.3 is 0 Å². The van der Waals surface area contributed by atoms with Crippen LogP contribution in [0.5, 0.6) is 0 Å². The van der Waals surface area contributed by atoms with Gasteiger partial charge in [0.15, 0.2) is 0 Å². The highest BCUT2D eigenvalue weighted by Gasteiger charge is 2.05. The van der Waals surface area contributed by atoms with E-state index in [1.165, 1.54) is 22.3 Å². The molecule has 0 saturated carbocycles. The zero-order valence-electron chi connectivity index (χ0n) is 9.77. The van der Waals surface area contributed by atoms with Gasteiger partial charge in [0.25, 0.3) is 0 Å². The summed E-state index contributed by atoms with van der Waals surface area (Å²) in [5.74, 6) is 0. The van der Waals surface area contributed by atoms with Gasteiger partial charge in [-0.25, -0.2) is 0 Å². The maximum absolute atomic E-state index is 5.96. The smallest absolute Gasteiger partial charge is 0.0268 e. The summed E-state index contributed by atoms with van der Waals surface area (Å²) in [5, 5.41) is 0. The summed E-state index contributed by atoms with van der Waals surface area (Å²) in [6, 6.07) is 17.0. The molecule has 0 saturated heterocycles. The molecule has 0 radical (unpaired) electrons. The van der Waals surface area contributed by atoms with E-state index in [0.717, 1.165) is 0 Å². The van der Waals surface area contributed by atoms with Gasteiger partial charge < -0.3 is 5.73 Å². The Kier molecular flexibility index (Phi) is 3.07. The zero-order valence-corrected chi connectivity index (χ0v) is 9.77. The number of hydrogen-bond donors (Lipinski definition) is 1. The van der Waals surface area contributed by atoms with Gasteiger partial charge in [0, 0.05) is 6.04 Å². The molecule has 2 aromatic carbocycles. The van der Waals surface area contributed by atoms with Crippen molar-refractivity contribution in [2.45, 2.75) is 19.9 Å². The number of hydrogen-bond acceptors (Lipinski definition) is 1. The summed E-state index contributed by atoms with van der Waals surface area (Å²) in [6.07, 6.45) is 0. The summed E-state index contributed by atoms with van der Waals surface area (Å²) in [4.78, 5) is 0. The normalized spacial score (nSPS) is 12.4. The van der Waals surface area contributed by atoms with Gasteiger partial charge in [0.2, 0.25) is 0 Å². The molecule has 0 fully saturated rings. The number of nitrogens with two attached hydrogens (primary N) is 1. The van der Waals surface area contributed by atoms with Crippen LogP contribution in [0, 0.1) is 6.92 Å². The first-order valence-electron chi connectivity index (χ1n) is 5.60. The molecule has 0 aliphatic rings. The second-order valence-electron chi connectivity index (χ2n) is 4.23. The Hall–Kier alpha value is -1.60. The second kappa shape index (κ2) is 4.50. The van der Waals surface area contributed by atoms with Crippen LogP contribution in [0.4, 0.5) is 0 Å². The van der Waals surface area contributed by atoms with Crippen molar-refractivity contribution in [3.63, 3.8) is 0 Å². The topological polar surface area (TPSA) is 26.0 Å². The molecule has 0 heterocycles. The number of benzene rings is 2. The minimum Gasteiger partial charge on any atom is -0.324 e. The average Bonchev–Trinajstić information content (AvgIpc) is 2.30. The van der Waals surface area contributed by atoms with Crippen LogP contribution in [-0.4, -0.2) is 0 Å². The lowest BCUT2D eigenvalue weighted by Crippen LogP contribution is -2.06. The Morgan fingerprint density at radius 3 is 2.25 bits per heavy atom. The monoisotopic (exact) mass is 211 g/mol. The first kappa shape index (κ1) is 10.9. The van der Waals surface area contributed by atoms with E-state index in [1.807, 2.05) is 13.0 Å². The first-order valence-corrected chi connectivity index (χ1v) is 5.60. The highest BCUT2D eigenvalue weighted by Crippen LogP contribution is 2.24. The van der Waals surface area contributed by atoms with Crippen LogP contribution in [0.25, 0.3) is 11.1 Å². The van der Waals surface area contributed by atoms with Gasteiger partial charge in [-0.15, -0.1) is 0 Å². The predicted octanol–water partition coefficient (Wildman–Crippen LogP) is 3.68. The van der Waals surface area contributed by atoms with E-state index in [1.54, 1.807) is 0 Å². The molecular weight excluding hydrogens is 194 g/mol. The van der Waals surface area contributed by atoms with Crippen LogP contribution in [0.1, 0.15) is 24.1 Å². The standard InChI is InChI=1S/C15H17N/c1-11-8-9-14(10-15(11)12(2)16)13-6-4-3-5-7-13/h3-10,12H,16H2,1-2H3. The molecule has 1 heteroatoms. The molecule has 0 spiro atoms. The van der Waals surface area contributed by atoms with Crippen LogP contribution in [-0.2, 0) is 0 Å². The fourth-order valence-electron chi connectivity index (χ4n) is 1.94. The van der Waals surface area contributed by atoms with E-state index in [9.17, 15) is 0 Å². The van der Waals surface area contributed by atoms with Crippen LogP contribution in [0.2, 0.25) is 0 Å². The highest BCUT2D eigenvalue weighted by atomic mass is 14.6. The summed E-state index contributed by atoms with van der Waals surface area (Å²) in [5.41, 5.74) is 10.9. The van der Waals surface area contributed by atoms with Crippen molar-refractivity contribution in [1.82, 2.24) is 0 Å². The zero-order chi connectivity index (χ0) is 11.5. The van der Waals surface area contributed by atoms with E-state index in [4.69, 9.17) is 5.73 Å².